The second-order valence-corrected chi connectivity index (χ2v) is 18.0. The molecule has 262 valence electrons. The van der Waals surface area contributed by atoms with Crippen LogP contribution in [0.1, 0.15) is 22.2 Å². The largest absolute Gasteiger partial charge is 1.00 e. The van der Waals surface area contributed by atoms with Crippen molar-refractivity contribution in [2.75, 3.05) is 12.3 Å². The predicted octanol–water partition coefficient (Wildman–Crippen LogP) is 3.86. The van der Waals surface area contributed by atoms with E-state index in [0.29, 0.717) is 0 Å². The first-order valence-corrected chi connectivity index (χ1v) is 21.2. The number of hydrogen-bond donors (Lipinski definition) is 0. The van der Waals surface area contributed by atoms with Gasteiger partial charge in [0.2, 0.25) is 0 Å². The van der Waals surface area contributed by atoms with Crippen molar-refractivity contribution < 1.29 is 50.8 Å². The van der Waals surface area contributed by atoms with Gasteiger partial charge in [-0.25, -0.2) is 13.2 Å². The van der Waals surface area contributed by atoms with Gasteiger partial charge in [0.15, 0.2) is 6.29 Å². The van der Waals surface area contributed by atoms with E-state index in [4.69, 9.17) is 14.2 Å². The fraction of sp³-hybridized carbons (Fsp3) is 0.119. The Kier molecular flexibility index (Phi) is 13.1. The Hall–Kier alpha value is -3.92. The summed E-state index contributed by atoms with van der Waals surface area (Å²) in [7, 11) is -6.43. The first-order valence-electron chi connectivity index (χ1n) is 16.8. The van der Waals surface area contributed by atoms with Gasteiger partial charge in [0.1, 0.15) is 15.9 Å². The van der Waals surface area contributed by atoms with Crippen molar-refractivity contribution in [1.82, 2.24) is 0 Å². The van der Waals surface area contributed by atoms with Crippen LogP contribution in [-0.2, 0) is 19.6 Å². The Morgan fingerprint density at radius 2 is 0.943 bits per heavy atom. The zero-order valence-corrected chi connectivity index (χ0v) is 31.6. The van der Waals surface area contributed by atoms with Gasteiger partial charge in [-0.1, -0.05) is 146 Å². The minimum atomic E-state index is -4.87. The summed E-state index contributed by atoms with van der Waals surface area (Å²) >= 11 is 0. The zero-order chi connectivity index (χ0) is 35.9. The monoisotopic (exact) mass is 752 g/mol. The summed E-state index contributed by atoms with van der Waals surface area (Å²) < 4.78 is 54.3. The molecular formula is C42H35LiO7P2S. The average molecular weight is 753 g/mol. The summed E-state index contributed by atoms with van der Waals surface area (Å²) in [5, 5.41) is 5.06. The van der Waals surface area contributed by atoms with Gasteiger partial charge < -0.3 is 18.8 Å². The van der Waals surface area contributed by atoms with Gasteiger partial charge in [0, 0.05) is 17.9 Å². The number of benzene rings is 6. The molecule has 1 aliphatic rings. The number of rotatable bonds is 12. The molecule has 1 aliphatic heterocycles. The number of hydrogen-bond acceptors (Lipinski definition) is 7. The third kappa shape index (κ3) is 9.61. The quantitative estimate of drug-likeness (QED) is 0.0616. The molecule has 0 amide bonds. The van der Waals surface area contributed by atoms with Crippen LogP contribution >= 0.6 is 15.8 Å². The van der Waals surface area contributed by atoms with E-state index in [1.807, 2.05) is 24.3 Å². The summed E-state index contributed by atoms with van der Waals surface area (Å²) in [6, 6.07) is 54.2. The summed E-state index contributed by atoms with van der Waals surface area (Å²) in [5.41, 5.74) is 0.429. The smallest absolute Gasteiger partial charge is 0.744 e. The first kappa shape index (κ1) is 38.8. The molecule has 1 fully saturated rings. The third-order valence-corrected chi connectivity index (χ3v) is 14.8. The van der Waals surface area contributed by atoms with Crippen LogP contribution in [0.2, 0.25) is 0 Å². The molecular weight excluding hydrogens is 717 g/mol. The Morgan fingerprint density at radius 1 is 0.566 bits per heavy atom. The molecule has 0 aliphatic carbocycles. The Morgan fingerprint density at radius 3 is 1.34 bits per heavy atom. The normalized spacial score (nSPS) is 16.0. The van der Waals surface area contributed by atoms with Crippen LogP contribution in [0, 0.1) is 0 Å². The number of carbonyl (C=O) groups excluding carboxylic acids is 1. The van der Waals surface area contributed by atoms with Crippen molar-refractivity contribution in [3.05, 3.63) is 181 Å². The third-order valence-electron chi connectivity index (χ3n) is 8.75. The molecule has 53 heavy (non-hydrogen) atoms. The Labute approximate surface area is 324 Å². The van der Waals surface area contributed by atoms with E-state index in [0.717, 1.165) is 24.0 Å². The molecule has 11 heteroatoms. The summed E-state index contributed by atoms with van der Waals surface area (Å²) in [6.45, 7) is 0. The zero-order valence-electron chi connectivity index (χ0n) is 29.0. The molecule has 0 saturated carbocycles. The summed E-state index contributed by atoms with van der Waals surface area (Å²) in [4.78, 5) is 12.3. The van der Waals surface area contributed by atoms with Crippen LogP contribution in [-0.4, -0.2) is 43.5 Å². The van der Waals surface area contributed by atoms with Crippen molar-refractivity contribution in [2.45, 2.75) is 23.4 Å². The van der Waals surface area contributed by atoms with Crippen molar-refractivity contribution >= 4 is 53.1 Å². The molecule has 0 spiro atoms. The van der Waals surface area contributed by atoms with Crippen LogP contribution < -0.4 is 44.8 Å². The fourth-order valence-corrected chi connectivity index (χ4v) is 11.8. The van der Waals surface area contributed by atoms with Gasteiger partial charge in [0.25, 0.3) is 0 Å². The van der Waals surface area contributed by atoms with E-state index in [-0.39, 0.29) is 42.4 Å². The van der Waals surface area contributed by atoms with Crippen molar-refractivity contribution in [1.29, 1.82) is 0 Å². The van der Waals surface area contributed by atoms with E-state index in [1.54, 1.807) is 24.3 Å². The number of ether oxygens (including phenoxy) is 3. The number of carbonyl (C=O) groups is 1. The molecule has 0 radical (unpaired) electrons. The topological polar surface area (TPSA) is 102 Å². The molecule has 1 heterocycles. The Balaban J connectivity index is 0.00000481. The van der Waals surface area contributed by atoms with Crippen molar-refractivity contribution in [2.24, 2.45) is 0 Å². The van der Waals surface area contributed by atoms with Crippen molar-refractivity contribution in [3.8, 4) is 5.75 Å². The van der Waals surface area contributed by atoms with Crippen LogP contribution in [0.25, 0.3) is 0 Å². The molecule has 7 nitrogen and oxygen atoms in total. The van der Waals surface area contributed by atoms with E-state index >= 15 is 0 Å². The fourth-order valence-electron chi connectivity index (χ4n) is 6.22. The van der Waals surface area contributed by atoms with E-state index < -0.39 is 43.1 Å². The number of esters is 1. The minimum absolute atomic E-state index is 0. The minimum Gasteiger partial charge on any atom is -0.744 e. The summed E-state index contributed by atoms with van der Waals surface area (Å²) in [6.07, 6.45) is 0.399. The van der Waals surface area contributed by atoms with Crippen LogP contribution in [0.3, 0.4) is 0 Å². The first-order chi connectivity index (χ1) is 25.3. The van der Waals surface area contributed by atoms with Gasteiger partial charge >= 0.3 is 24.8 Å². The molecule has 6 aromatic rings. The standard InChI is InChI=1S/C42H36O7P2S.Li/c43-41(37-23-13-14-24-40(37)52(44,45)46)47-32-27-25-31(26-28-32)42-48-38(29-50(33-15-5-1-6-16-33)34-17-7-2-8-18-34)39(49-42)30-51(35-19-9-3-10-20-35)36-21-11-4-12-22-36;/h1-28,38-39,42H,29-30H2,(H,44,45,46);/q;+1/p-1/t38-,39-;/m0./s1. The second kappa shape index (κ2) is 17.9. The van der Waals surface area contributed by atoms with Crippen LogP contribution in [0.4, 0.5) is 0 Å². The predicted molar refractivity (Wildman–Crippen MR) is 206 cm³/mol. The maximum absolute atomic E-state index is 12.9. The molecule has 0 aromatic heterocycles. The SMILES string of the molecule is O=C(Oc1ccc(C2O[C@@H](CP(c3ccccc3)c3ccccc3)[C@H](CP(c3ccccc3)c3ccccc3)O2)cc1)c1ccccc1S(=O)(=O)[O-].[Li+]. The molecule has 0 N–H and O–H groups in total. The molecule has 6 aromatic carbocycles. The molecule has 1 saturated heterocycles. The molecule has 7 rings (SSSR count). The maximum Gasteiger partial charge on any atom is 1.00 e. The van der Waals surface area contributed by atoms with Gasteiger partial charge in [0.05, 0.1) is 22.7 Å². The average Bonchev–Trinajstić information content (AvgIpc) is 3.59. The van der Waals surface area contributed by atoms with Crippen LogP contribution in [0.15, 0.2) is 175 Å². The molecule has 0 bridgehead atoms. The molecule has 2 atom stereocenters. The van der Waals surface area contributed by atoms with Crippen molar-refractivity contribution in [3.63, 3.8) is 0 Å². The maximum atomic E-state index is 12.9. The van der Waals surface area contributed by atoms with E-state index in [1.165, 1.54) is 39.4 Å². The van der Waals surface area contributed by atoms with E-state index in [2.05, 4.69) is 97.1 Å². The van der Waals surface area contributed by atoms with Gasteiger partial charge in [-0.3, -0.25) is 0 Å². The Bertz CT molecular complexity index is 2020. The summed E-state index contributed by atoms with van der Waals surface area (Å²) in [5.74, 6) is -0.757. The van der Waals surface area contributed by atoms with Gasteiger partial charge in [-0.05, 0) is 61.3 Å². The van der Waals surface area contributed by atoms with Gasteiger partial charge in [-0.15, -0.1) is 0 Å². The van der Waals surface area contributed by atoms with Gasteiger partial charge in [-0.2, -0.15) is 0 Å². The molecule has 0 unspecified atom stereocenters. The van der Waals surface area contributed by atoms with E-state index in [9.17, 15) is 17.8 Å². The second-order valence-electron chi connectivity index (χ2n) is 12.2. The van der Waals surface area contributed by atoms with Crippen LogP contribution in [0.5, 0.6) is 5.75 Å².